The lowest BCUT2D eigenvalue weighted by Crippen LogP contribution is -2.67. The van der Waals surface area contributed by atoms with Gasteiger partial charge in [-0.15, -0.1) is 0 Å². The van der Waals surface area contributed by atoms with Crippen molar-refractivity contribution in [1.29, 1.82) is 0 Å². The van der Waals surface area contributed by atoms with Crippen molar-refractivity contribution in [1.82, 2.24) is 0 Å². The Morgan fingerprint density at radius 1 is 0.800 bits per heavy atom. The molecule has 5 aliphatic carbocycles. The average Bonchev–Trinajstić information content (AvgIpc) is 3.26. The molecule has 4 unspecified atom stereocenters. The van der Waals surface area contributed by atoms with Gasteiger partial charge >= 0.3 is 11.9 Å². The predicted octanol–water partition coefficient (Wildman–Crippen LogP) is 8.09. The zero-order valence-corrected chi connectivity index (χ0v) is 26.6. The summed E-state index contributed by atoms with van der Waals surface area (Å²) in [6.45, 7) is 18.7. The predicted molar refractivity (Wildman–Crippen MR) is 156 cm³/mol. The molecule has 0 saturated heterocycles. The SMILES string of the molecule is CC(=O)O[C@@H]1CC[C@@]2(C)C(CC[C@]3(C)C2CCC2C4[C@H](C(C)C)CC[C@]4(C(=O)CCC(=O)O)CC[C@]23C)C1(C)C. The summed E-state index contributed by atoms with van der Waals surface area (Å²) >= 11 is 0. The molecule has 5 saturated carbocycles. The van der Waals surface area contributed by atoms with Gasteiger partial charge in [0.25, 0.3) is 0 Å². The van der Waals surface area contributed by atoms with Gasteiger partial charge in [0.2, 0.25) is 0 Å². The molecule has 0 radical (unpaired) electrons. The number of carbonyl (C=O) groups excluding carboxylic acids is 2. The fraction of sp³-hybridized carbons (Fsp3) is 0.914. The van der Waals surface area contributed by atoms with Gasteiger partial charge in [-0.1, -0.05) is 48.5 Å². The average molecular weight is 557 g/mol. The molecule has 0 amide bonds. The molecule has 226 valence electrons. The molecule has 0 bridgehead atoms. The van der Waals surface area contributed by atoms with E-state index in [0.717, 1.165) is 38.5 Å². The standard InChI is InChI=1S/C35H56O5/c1-21(2)23-13-18-35(27(37)11-12-29(38)39)20-19-33(7)24(30(23)35)9-10-26-32(6)16-15-28(40-22(3)36)31(4,5)25(32)14-17-34(26,33)8/h21,23-26,28,30H,9-20H2,1-8H3,(H,38,39)/t23-,24?,25?,26?,28+,30?,32-,33+,34+,35+/m0/s1. The number of hydrogen-bond donors (Lipinski definition) is 1. The third-order valence-corrected chi connectivity index (χ3v) is 14.7. The van der Waals surface area contributed by atoms with Gasteiger partial charge in [-0.3, -0.25) is 14.4 Å². The first-order valence-corrected chi connectivity index (χ1v) is 16.5. The van der Waals surface area contributed by atoms with Gasteiger partial charge in [0.15, 0.2) is 0 Å². The smallest absolute Gasteiger partial charge is 0.303 e. The van der Waals surface area contributed by atoms with Crippen LogP contribution in [0.3, 0.4) is 0 Å². The Bertz CT molecular complexity index is 1050. The third-order valence-electron chi connectivity index (χ3n) is 14.7. The van der Waals surface area contributed by atoms with E-state index in [9.17, 15) is 19.5 Å². The van der Waals surface area contributed by atoms with Crippen LogP contribution in [0.15, 0.2) is 0 Å². The fourth-order valence-corrected chi connectivity index (χ4v) is 12.7. The lowest BCUT2D eigenvalue weighted by molar-refractivity contribution is -0.250. The summed E-state index contributed by atoms with van der Waals surface area (Å²) in [7, 11) is 0. The van der Waals surface area contributed by atoms with Crippen LogP contribution in [0.1, 0.15) is 132 Å². The van der Waals surface area contributed by atoms with E-state index in [1.165, 1.54) is 25.7 Å². The van der Waals surface area contributed by atoms with Gasteiger partial charge in [0.1, 0.15) is 11.9 Å². The quantitative estimate of drug-likeness (QED) is 0.334. The number of aliphatic carboxylic acids is 1. The van der Waals surface area contributed by atoms with E-state index < -0.39 is 5.97 Å². The van der Waals surface area contributed by atoms with Crippen LogP contribution in [0.25, 0.3) is 0 Å². The zero-order valence-electron chi connectivity index (χ0n) is 26.6. The molecular formula is C35H56O5. The van der Waals surface area contributed by atoms with E-state index in [4.69, 9.17) is 4.74 Å². The van der Waals surface area contributed by atoms with Crippen molar-refractivity contribution in [3.05, 3.63) is 0 Å². The number of fused-ring (bicyclic) bond motifs is 7. The van der Waals surface area contributed by atoms with Crippen LogP contribution in [-0.4, -0.2) is 28.9 Å². The van der Waals surface area contributed by atoms with Crippen molar-refractivity contribution in [3.63, 3.8) is 0 Å². The van der Waals surface area contributed by atoms with Crippen molar-refractivity contribution in [2.24, 2.45) is 62.6 Å². The highest BCUT2D eigenvalue weighted by Gasteiger charge is 2.71. The summed E-state index contributed by atoms with van der Waals surface area (Å²) < 4.78 is 5.91. The Labute approximate surface area is 243 Å². The number of rotatable bonds is 6. The number of Topliss-reactive ketones (excluding diaryl/α,β-unsaturated/α-hetero) is 1. The largest absolute Gasteiger partial charge is 0.481 e. The highest BCUT2D eigenvalue weighted by atomic mass is 16.5. The maximum atomic E-state index is 13.9. The van der Waals surface area contributed by atoms with Gasteiger partial charge < -0.3 is 9.84 Å². The van der Waals surface area contributed by atoms with Crippen molar-refractivity contribution in [2.75, 3.05) is 0 Å². The number of carboxylic acid groups (broad SMARTS) is 1. The van der Waals surface area contributed by atoms with Gasteiger partial charge in [0.05, 0.1) is 6.42 Å². The summed E-state index contributed by atoms with van der Waals surface area (Å²) in [6, 6.07) is 0. The van der Waals surface area contributed by atoms with Gasteiger partial charge in [-0.05, 0) is 116 Å². The van der Waals surface area contributed by atoms with Crippen LogP contribution >= 0.6 is 0 Å². The molecule has 5 fully saturated rings. The van der Waals surface area contributed by atoms with Crippen LogP contribution in [0.5, 0.6) is 0 Å². The summed E-state index contributed by atoms with van der Waals surface area (Å²) in [5.41, 5.74) is 0.263. The van der Waals surface area contributed by atoms with E-state index in [1.54, 1.807) is 6.92 Å². The number of ketones is 1. The zero-order chi connectivity index (χ0) is 29.5. The Kier molecular flexibility index (Phi) is 7.39. The third kappa shape index (κ3) is 4.08. The molecule has 0 spiro atoms. The van der Waals surface area contributed by atoms with Gasteiger partial charge in [-0.25, -0.2) is 0 Å². The second-order valence-corrected chi connectivity index (χ2v) is 16.6. The van der Waals surface area contributed by atoms with Crippen LogP contribution in [0.2, 0.25) is 0 Å². The van der Waals surface area contributed by atoms with Gasteiger partial charge in [0, 0.05) is 24.2 Å². The van der Waals surface area contributed by atoms with Crippen LogP contribution < -0.4 is 0 Å². The molecule has 0 aromatic carbocycles. The van der Waals surface area contributed by atoms with E-state index in [1.807, 2.05) is 0 Å². The van der Waals surface area contributed by atoms with E-state index in [2.05, 4.69) is 48.5 Å². The second-order valence-electron chi connectivity index (χ2n) is 16.6. The Hall–Kier alpha value is -1.39. The second kappa shape index (κ2) is 9.83. The number of carboxylic acids is 1. The van der Waals surface area contributed by atoms with Crippen molar-refractivity contribution >= 4 is 17.7 Å². The first kappa shape index (κ1) is 30.1. The van der Waals surface area contributed by atoms with Crippen LogP contribution in [0, 0.1) is 62.6 Å². The van der Waals surface area contributed by atoms with E-state index >= 15 is 0 Å². The monoisotopic (exact) mass is 556 g/mol. The highest BCUT2D eigenvalue weighted by molar-refractivity contribution is 5.88. The number of hydrogen-bond acceptors (Lipinski definition) is 4. The molecule has 0 aromatic heterocycles. The summed E-state index contributed by atoms with van der Waals surface area (Å²) in [5, 5.41) is 9.37. The molecular weight excluding hydrogens is 500 g/mol. The molecule has 5 aliphatic rings. The number of ether oxygens (including phenoxy) is 1. The fourth-order valence-electron chi connectivity index (χ4n) is 12.7. The van der Waals surface area contributed by atoms with Crippen LogP contribution in [-0.2, 0) is 19.1 Å². The first-order chi connectivity index (χ1) is 18.5. The van der Waals surface area contributed by atoms with E-state index in [0.29, 0.717) is 35.5 Å². The molecule has 5 nitrogen and oxygen atoms in total. The number of carbonyl (C=O) groups is 3. The van der Waals surface area contributed by atoms with Gasteiger partial charge in [-0.2, -0.15) is 0 Å². The van der Waals surface area contributed by atoms with Crippen LogP contribution in [0.4, 0.5) is 0 Å². The maximum absolute atomic E-state index is 13.9. The molecule has 0 aromatic rings. The topological polar surface area (TPSA) is 80.7 Å². The molecule has 10 atom stereocenters. The Morgan fingerprint density at radius 2 is 1.50 bits per heavy atom. The first-order valence-electron chi connectivity index (χ1n) is 16.5. The maximum Gasteiger partial charge on any atom is 0.303 e. The minimum absolute atomic E-state index is 0.00300. The summed E-state index contributed by atoms with van der Waals surface area (Å²) in [4.78, 5) is 37.3. The summed E-state index contributed by atoms with van der Waals surface area (Å²) in [6.07, 6.45) is 11.1. The normalized spacial score (nSPS) is 47.4. The summed E-state index contributed by atoms with van der Waals surface area (Å²) in [5.74, 6) is 2.39. The Balaban J connectivity index is 1.49. The molecule has 0 heterocycles. The molecule has 1 N–H and O–H groups in total. The Morgan fingerprint density at radius 3 is 2.12 bits per heavy atom. The van der Waals surface area contributed by atoms with Crippen molar-refractivity contribution in [3.8, 4) is 0 Å². The van der Waals surface area contributed by atoms with E-state index in [-0.39, 0.29) is 57.8 Å². The highest BCUT2D eigenvalue weighted by Crippen LogP contribution is 2.77. The number of esters is 1. The molecule has 5 heteroatoms. The molecule has 5 rings (SSSR count). The minimum atomic E-state index is -0.857. The van der Waals surface area contributed by atoms with Crippen molar-refractivity contribution in [2.45, 2.75) is 139 Å². The lowest BCUT2D eigenvalue weighted by atomic mass is 9.32. The molecule has 40 heavy (non-hydrogen) atoms. The van der Waals surface area contributed by atoms with Crippen molar-refractivity contribution < 1.29 is 24.2 Å². The minimum Gasteiger partial charge on any atom is -0.481 e. The lowest BCUT2D eigenvalue weighted by Gasteiger charge is -2.73. The molecule has 0 aliphatic heterocycles.